The van der Waals surface area contributed by atoms with Crippen LogP contribution in [0.3, 0.4) is 0 Å². The fraction of sp³-hybridized carbons (Fsp3) is 0.444. The van der Waals surface area contributed by atoms with Gasteiger partial charge < -0.3 is 10.1 Å². The minimum Gasteiger partial charge on any atom is -0.439 e. The molecular weight excluding hydrogens is 288 g/mol. The molecule has 1 fully saturated rings. The zero-order chi connectivity index (χ0) is 16.1. The molecule has 0 aliphatic heterocycles. The Morgan fingerprint density at radius 1 is 1.30 bits per heavy atom. The molecule has 1 aliphatic rings. The Bertz CT molecular complexity index is 678. The van der Waals surface area contributed by atoms with Crippen LogP contribution in [0.4, 0.5) is 0 Å². The van der Waals surface area contributed by atoms with E-state index in [1.54, 1.807) is 12.1 Å². The van der Waals surface area contributed by atoms with Crippen molar-refractivity contribution in [3.05, 3.63) is 41.6 Å². The molecule has 1 aliphatic carbocycles. The number of benzene rings is 1. The van der Waals surface area contributed by atoms with Gasteiger partial charge in [0.05, 0.1) is 17.3 Å². The van der Waals surface area contributed by atoms with E-state index in [1.807, 2.05) is 29.9 Å². The van der Waals surface area contributed by atoms with Crippen LogP contribution in [0.25, 0.3) is 0 Å². The van der Waals surface area contributed by atoms with Gasteiger partial charge in [-0.05, 0) is 50.1 Å². The van der Waals surface area contributed by atoms with Crippen LogP contribution in [-0.2, 0) is 13.1 Å². The Hall–Kier alpha value is -2.32. The van der Waals surface area contributed by atoms with Crippen molar-refractivity contribution < 1.29 is 4.74 Å². The van der Waals surface area contributed by atoms with Crippen molar-refractivity contribution in [2.24, 2.45) is 5.92 Å². The molecule has 0 bridgehead atoms. The highest BCUT2D eigenvalue weighted by Gasteiger charge is 2.19. The number of nitrogens with one attached hydrogen (secondary N) is 1. The summed E-state index contributed by atoms with van der Waals surface area (Å²) in [6.45, 7) is 1.64. The molecule has 0 spiro atoms. The molecule has 0 radical (unpaired) electrons. The number of hydrogen-bond donors (Lipinski definition) is 1. The molecule has 23 heavy (non-hydrogen) atoms. The maximum atomic E-state index is 8.87. The second-order valence-corrected chi connectivity index (χ2v) is 6.08. The van der Waals surface area contributed by atoms with Crippen LogP contribution >= 0.6 is 0 Å². The highest BCUT2D eigenvalue weighted by molar-refractivity contribution is 5.36. The Morgan fingerprint density at radius 2 is 2.04 bits per heavy atom. The first-order chi connectivity index (χ1) is 11.3. The molecule has 5 heteroatoms. The molecule has 1 aromatic carbocycles. The monoisotopic (exact) mass is 310 g/mol. The average Bonchev–Trinajstić information content (AvgIpc) is 3.20. The van der Waals surface area contributed by atoms with Crippen LogP contribution in [0.1, 0.15) is 36.9 Å². The van der Waals surface area contributed by atoms with E-state index in [0.717, 1.165) is 30.4 Å². The summed E-state index contributed by atoms with van der Waals surface area (Å²) in [6, 6.07) is 11.3. The fourth-order valence-electron chi connectivity index (χ4n) is 3.09. The molecule has 0 atom stereocenters. The lowest BCUT2D eigenvalue weighted by Gasteiger charge is -2.12. The molecule has 1 N–H and O–H groups in total. The summed E-state index contributed by atoms with van der Waals surface area (Å²) in [7, 11) is 1.91. The molecule has 0 saturated heterocycles. The number of ether oxygens (including phenoxy) is 1. The lowest BCUT2D eigenvalue weighted by atomic mass is 10.1. The van der Waals surface area contributed by atoms with Crippen molar-refractivity contribution in [1.29, 1.82) is 5.26 Å². The van der Waals surface area contributed by atoms with E-state index in [4.69, 9.17) is 10.00 Å². The molecule has 1 saturated carbocycles. The third-order valence-electron chi connectivity index (χ3n) is 4.26. The van der Waals surface area contributed by atoms with Gasteiger partial charge in [0.1, 0.15) is 5.75 Å². The summed E-state index contributed by atoms with van der Waals surface area (Å²) in [4.78, 5) is 0. The zero-order valence-electron chi connectivity index (χ0n) is 13.5. The highest BCUT2D eigenvalue weighted by atomic mass is 16.5. The maximum absolute atomic E-state index is 8.87. The summed E-state index contributed by atoms with van der Waals surface area (Å²) in [5.74, 6) is 2.19. The molecule has 120 valence electrons. The smallest absolute Gasteiger partial charge is 0.218 e. The third kappa shape index (κ3) is 3.91. The predicted octanol–water partition coefficient (Wildman–Crippen LogP) is 3.46. The SMILES string of the molecule is CNCc1cc(Oc2ccc(C#N)cc2)n(CC2CCCC2)n1. The van der Waals surface area contributed by atoms with E-state index in [1.165, 1.54) is 25.7 Å². The first kappa shape index (κ1) is 15.6. The fourth-order valence-corrected chi connectivity index (χ4v) is 3.09. The van der Waals surface area contributed by atoms with Gasteiger partial charge in [-0.1, -0.05) is 12.8 Å². The Balaban J connectivity index is 1.78. The molecule has 0 unspecified atom stereocenters. The van der Waals surface area contributed by atoms with Crippen molar-refractivity contribution in [3.8, 4) is 17.7 Å². The van der Waals surface area contributed by atoms with E-state index >= 15 is 0 Å². The van der Waals surface area contributed by atoms with Gasteiger partial charge in [0.2, 0.25) is 5.88 Å². The summed E-state index contributed by atoms with van der Waals surface area (Å²) < 4.78 is 8.00. The summed E-state index contributed by atoms with van der Waals surface area (Å²) in [5, 5.41) is 16.7. The van der Waals surface area contributed by atoms with Crippen LogP contribution in [0, 0.1) is 17.2 Å². The second-order valence-electron chi connectivity index (χ2n) is 6.08. The number of rotatable bonds is 6. The van der Waals surface area contributed by atoms with E-state index in [2.05, 4.69) is 16.5 Å². The Morgan fingerprint density at radius 3 is 2.70 bits per heavy atom. The Kier molecular flexibility index (Phi) is 4.94. The van der Waals surface area contributed by atoms with Gasteiger partial charge in [0.15, 0.2) is 0 Å². The van der Waals surface area contributed by atoms with Crippen molar-refractivity contribution in [2.75, 3.05) is 7.05 Å². The van der Waals surface area contributed by atoms with Crippen molar-refractivity contribution in [1.82, 2.24) is 15.1 Å². The van der Waals surface area contributed by atoms with Crippen LogP contribution < -0.4 is 10.1 Å². The van der Waals surface area contributed by atoms with Gasteiger partial charge in [-0.25, -0.2) is 4.68 Å². The standard InChI is InChI=1S/C18H22N4O/c1-20-12-16-10-18(22(21-16)13-15-4-2-3-5-15)23-17-8-6-14(11-19)7-9-17/h6-10,15,20H,2-5,12-13H2,1H3. The summed E-state index contributed by atoms with van der Waals surface area (Å²) >= 11 is 0. The van der Waals surface area contributed by atoms with Crippen molar-refractivity contribution in [2.45, 2.75) is 38.8 Å². The van der Waals surface area contributed by atoms with Crippen molar-refractivity contribution >= 4 is 0 Å². The van der Waals surface area contributed by atoms with Gasteiger partial charge in [-0.3, -0.25) is 0 Å². The Labute approximate surface area is 136 Å². The number of aromatic nitrogens is 2. The zero-order valence-corrected chi connectivity index (χ0v) is 13.5. The number of hydrogen-bond acceptors (Lipinski definition) is 4. The molecule has 2 aromatic rings. The molecule has 3 rings (SSSR count). The third-order valence-corrected chi connectivity index (χ3v) is 4.26. The largest absolute Gasteiger partial charge is 0.439 e. The van der Waals surface area contributed by atoms with Gasteiger partial charge in [0.25, 0.3) is 0 Å². The minimum atomic E-state index is 0.632. The number of nitriles is 1. The highest BCUT2D eigenvalue weighted by Crippen LogP contribution is 2.29. The van der Waals surface area contributed by atoms with E-state index in [-0.39, 0.29) is 0 Å². The molecule has 0 amide bonds. The minimum absolute atomic E-state index is 0.632. The van der Waals surface area contributed by atoms with Gasteiger partial charge in [-0.15, -0.1) is 0 Å². The summed E-state index contributed by atoms with van der Waals surface area (Å²) in [5.41, 5.74) is 1.61. The summed E-state index contributed by atoms with van der Waals surface area (Å²) in [6.07, 6.45) is 5.19. The first-order valence-electron chi connectivity index (χ1n) is 8.18. The normalized spacial score (nSPS) is 14.8. The van der Waals surface area contributed by atoms with E-state index in [0.29, 0.717) is 11.5 Å². The first-order valence-corrected chi connectivity index (χ1v) is 8.18. The van der Waals surface area contributed by atoms with Crippen LogP contribution in [0.5, 0.6) is 11.6 Å². The second kappa shape index (κ2) is 7.30. The van der Waals surface area contributed by atoms with Crippen LogP contribution in [0.2, 0.25) is 0 Å². The predicted molar refractivity (Wildman–Crippen MR) is 88.2 cm³/mol. The van der Waals surface area contributed by atoms with Crippen LogP contribution in [0.15, 0.2) is 30.3 Å². The maximum Gasteiger partial charge on any atom is 0.218 e. The van der Waals surface area contributed by atoms with Crippen LogP contribution in [-0.4, -0.2) is 16.8 Å². The van der Waals surface area contributed by atoms with Gasteiger partial charge >= 0.3 is 0 Å². The molecule has 1 aromatic heterocycles. The average molecular weight is 310 g/mol. The molecule has 1 heterocycles. The van der Waals surface area contributed by atoms with Crippen molar-refractivity contribution in [3.63, 3.8) is 0 Å². The lowest BCUT2D eigenvalue weighted by molar-refractivity contribution is 0.362. The topological polar surface area (TPSA) is 62.9 Å². The lowest BCUT2D eigenvalue weighted by Crippen LogP contribution is -2.11. The molecule has 5 nitrogen and oxygen atoms in total. The number of nitrogens with zero attached hydrogens (tertiary/aromatic N) is 3. The van der Waals surface area contributed by atoms with E-state index < -0.39 is 0 Å². The van der Waals surface area contributed by atoms with Gasteiger partial charge in [0, 0.05) is 19.2 Å². The van der Waals surface area contributed by atoms with E-state index in [9.17, 15) is 0 Å². The molecular formula is C18H22N4O. The van der Waals surface area contributed by atoms with Gasteiger partial charge in [-0.2, -0.15) is 10.4 Å². The quantitative estimate of drug-likeness (QED) is 0.887.